The normalized spacial score (nSPS) is 13.5. The predicted molar refractivity (Wildman–Crippen MR) is 77.3 cm³/mol. The molecule has 1 unspecified atom stereocenters. The molecule has 3 N–H and O–H groups in total. The smallest absolute Gasteiger partial charge is 0.230 e. The average molecular weight is 260 g/mol. The number of hydrogen-bond donors (Lipinski definition) is 2. The monoisotopic (exact) mass is 260 g/mol. The first-order valence-corrected chi connectivity index (χ1v) is 7.66. The minimum Gasteiger partial charge on any atom is -0.353 e. The van der Waals surface area contributed by atoms with Crippen molar-refractivity contribution in [2.75, 3.05) is 11.5 Å². The van der Waals surface area contributed by atoms with Gasteiger partial charge in [0.2, 0.25) is 5.91 Å². The maximum absolute atomic E-state index is 11.6. The first-order chi connectivity index (χ1) is 7.85. The van der Waals surface area contributed by atoms with Crippen molar-refractivity contribution in [3.8, 4) is 0 Å². The Bertz CT molecular complexity index is 214. The summed E-state index contributed by atoms with van der Waals surface area (Å²) >= 11 is 1.60. The number of unbranched alkanes of at least 4 members (excludes halogenated alkanes) is 2. The van der Waals surface area contributed by atoms with Crippen LogP contribution >= 0.6 is 11.8 Å². The molecular weight excluding hydrogens is 232 g/mol. The summed E-state index contributed by atoms with van der Waals surface area (Å²) in [5, 5.41) is 3.02. The lowest BCUT2D eigenvalue weighted by Gasteiger charge is -2.18. The van der Waals surface area contributed by atoms with Gasteiger partial charge >= 0.3 is 0 Å². The fraction of sp³-hybridized carbons (Fsp3) is 0.923. The van der Waals surface area contributed by atoms with E-state index in [0.717, 1.165) is 12.2 Å². The fourth-order valence-corrected chi connectivity index (χ4v) is 2.39. The summed E-state index contributed by atoms with van der Waals surface area (Å²) in [6, 6.07) is 0.292. The van der Waals surface area contributed by atoms with Gasteiger partial charge in [0.25, 0.3) is 0 Å². The van der Waals surface area contributed by atoms with Crippen LogP contribution in [-0.2, 0) is 4.79 Å². The Balaban J connectivity index is 3.57. The third-order valence-electron chi connectivity index (χ3n) is 2.36. The van der Waals surface area contributed by atoms with Crippen molar-refractivity contribution in [2.24, 2.45) is 5.73 Å². The van der Waals surface area contributed by atoms with Gasteiger partial charge in [-0.3, -0.25) is 4.79 Å². The number of nitrogens with two attached hydrogens (primary N) is 1. The van der Waals surface area contributed by atoms with Crippen molar-refractivity contribution in [3.63, 3.8) is 0 Å². The molecule has 0 radical (unpaired) electrons. The molecule has 0 saturated heterocycles. The highest BCUT2D eigenvalue weighted by Gasteiger charge is 2.12. The van der Waals surface area contributed by atoms with Gasteiger partial charge in [-0.05, 0) is 27.2 Å². The van der Waals surface area contributed by atoms with E-state index in [1.165, 1.54) is 19.3 Å². The van der Waals surface area contributed by atoms with Crippen LogP contribution in [-0.4, -0.2) is 29.0 Å². The molecule has 0 aliphatic heterocycles. The topological polar surface area (TPSA) is 55.1 Å². The lowest BCUT2D eigenvalue weighted by molar-refractivity contribution is -0.119. The van der Waals surface area contributed by atoms with Crippen molar-refractivity contribution in [3.05, 3.63) is 0 Å². The van der Waals surface area contributed by atoms with Gasteiger partial charge in [0, 0.05) is 17.3 Å². The molecular formula is C13H28N2OS. The standard InChI is InChI=1S/C13H28N2OS/c1-5-6-7-8-11(2)15-12(16)9-17-10-13(3,4)14/h11H,5-10,14H2,1-4H3,(H,15,16). The van der Waals surface area contributed by atoms with Gasteiger partial charge in [-0.25, -0.2) is 0 Å². The second-order valence-electron chi connectivity index (χ2n) is 5.45. The molecule has 0 aromatic carbocycles. The van der Waals surface area contributed by atoms with Crippen molar-refractivity contribution < 1.29 is 4.79 Å². The van der Waals surface area contributed by atoms with E-state index in [4.69, 9.17) is 5.73 Å². The van der Waals surface area contributed by atoms with Crippen LogP contribution in [0.3, 0.4) is 0 Å². The Hall–Kier alpha value is -0.220. The molecule has 0 spiro atoms. The quantitative estimate of drug-likeness (QED) is 0.626. The zero-order chi connectivity index (χ0) is 13.3. The van der Waals surface area contributed by atoms with E-state index in [-0.39, 0.29) is 11.4 Å². The summed E-state index contributed by atoms with van der Waals surface area (Å²) in [6.07, 6.45) is 4.74. The van der Waals surface area contributed by atoms with Crippen LogP contribution in [0.4, 0.5) is 0 Å². The van der Waals surface area contributed by atoms with E-state index >= 15 is 0 Å². The Labute approximate surface area is 110 Å². The van der Waals surface area contributed by atoms with Crippen molar-refractivity contribution in [1.82, 2.24) is 5.32 Å². The number of carbonyl (C=O) groups excluding carboxylic acids is 1. The molecule has 0 aliphatic rings. The lowest BCUT2D eigenvalue weighted by Crippen LogP contribution is -2.37. The third-order valence-corrected chi connectivity index (χ3v) is 3.77. The molecule has 0 heterocycles. The molecule has 3 nitrogen and oxygen atoms in total. The zero-order valence-electron chi connectivity index (χ0n) is 11.7. The van der Waals surface area contributed by atoms with Gasteiger partial charge in [-0.1, -0.05) is 26.2 Å². The number of carbonyl (C=O) groups is 1. The Morgan fingerprint density at radius 2 is 2.06 bits per heavy atom. The minimum atomic E-state index is -0.197. The van der Waals surface area contributed by atoms with Crippen LogP contribution < -0.4 is 11.1 Å². The summed E-state index contributed by atoms with van der Waals surface area (Å²) in [6.45, 7) is 8.22. The average Bonchev–Trinajstić information content (AvgIpc) is 2.15. The summed E-state index contributed by atoms with van der Waals surface area (Å²) in [5.41, 5.74) is 5.65. The second-order valence-corrected chi connectivity index (χ2v) is 6.43. The van der Waals surface area contributed by atoms with E-state index in [0.29, 0.717) is 11.8 Å². The molecule has 17 heavy (non-hydrogen) atoms. The maximum Gasteiger partial charge on any atom is 0.230 e. The van der Waals surface area contributed by atoms with Gasteiger partial charge in [0.15, 0.2) is 0 Å². The predicted octanol–water partition coefficient (Wildman–Crippen LogP) is 2.54. The van der Waals surface area contributed by atoms with Crippen molar-refractivity contribution >= 4 is 17.7 Å². The highest BCUT2D eigenvalue weighted by molar-refractivity contribution is 8.00. The number of nitrogens with one attached hydrogen (secondary N) is 1. The van der Waals surface area contributed by atoms with Crippen molar-refractivity contribution in [2.45, 2.75) is 65.0 Å². The van der Waals surface area contributed by atoms with Gasteiger partial charge in [-0.15, -0.1) is 0 Å². The number of rotatable bonds is 9. The number of amides is 1. The lowest BCUT2D eigenvalue weighted by atomic mass is 10.1. The number of hydrogen-bond acceptors (Lipinski definition) is 3. The minimum absolute atomic E-state index is 0.128. The largest absolute Gasteiger partial charge is 0.353 e. The number of thioether (sulfide) groups is 1. The third kappa shape index (κ3) is 12.0. The fourth-order valence-electron chi connectivity index (χ4n) is 1.50. The van der Waals surface area contributed by atoms with Gasteiger partial charge in [0.05, 0.1) is 5.75 Å². The molecule has 0 aromatic heterocycles. The summed E-state index contributed by atoms with van der Waals surface area (Å²) in [7, 11) is 0. The highest BCUT2D eigenvalue weighted by atomic mass is 32.2. The van der Waals surface area contributed by atoms with Crippen molar-refractivity contribution in [1.29, 1.82) is 0 Å². The van der Waals surface area contributed by atoms with E-state index in [1.807, 2.05) is 13.8 Å². The molecule has 0 aromatic rings. The summed E-state index contributed by atoms with van der Waals surface area (Å²) < 4.78 is 0. The molecule has 1 atom stereocenters. The Morgan fingerprint density at radius 3 is 2.59 bits per heavy atom. The first kappa shape index (κ1) is 16.8. The van der Waals surface area contributed by atoms with Gasteiger partial charge < -0.3 is 11.1 Å². The van der Waals surface area contributed by atoms with E-state index in [9.17, 15) is 4.79 Å². The van der Waals surface area contributed by atoms with Crippen LogP contribution in [0.15, 0.2) is 0 Å². The second kappa shape index (κ2) is 8.81. The molecule has 1 amide bonds. The summed E-state index contributed by atoms with van der Waals surface area (Å²) in [5.74, 6) is 1.45. The summed E-state index contributed by atoms with van der Waals surface area (Å²) in [4.78, 5) is 11.6. The van der Waals surface area contributed by atoms with Crippen LogP contribution in [0.2, 0.25) is 0 Å². The highest BCUT2D eigenvalue weighted by Crippen LogP contribution is 2.09. The van der Waals surface area contributed by atoms with Crippen LogP contribution in [0.25, 0.3) is 0 Å². The molecule has 102 valence electrons. The molecule has 0 fully saturated rings. The van der Waals surface area contributed by atoms with Crippen LogP contribution in [0.5, 0.6) is 0 Å². The SMILES string of the molecule is CCCCCC(C)NC(=O)CSCC(C)(C)N. The molecule has 0 rings (SSSR count). The zero-order valence-corrected chi connectivity index (χ0v) is 12.5. The van der Waals surface area contributed by atoms with Gasteiger partial charge in [0.1, 0.15) is 0 Å². The molecule has 0 saturated carbocycles. The first-order valence-electron chi connectivity index (χ1n) is 6.51. The van der Waals surface area contributed by atoms with E-state index in [1.54, 1.807) is 11.8 Å². The molecule has 0 aliphatic carbocycles. The van der Waals surface area contributed by atoms with Crippen LogP contribution in [0, 0.1) is 0 Å². The Morgan fingerprint density at radius 1 is 1.41 bits per heavy atom. The van der Waals surface area contributed by atoms with Crippen LogP contribution in [0.1, 0.15) is 53.4 Å². The van der Waals surface area contributed by atoms with Gasteiger partial charge in [-0.2, -0.15) is 11.8 Å². The molecule has 4 heteroatoms. The molecule has 0 bridgehead atoms. The maximum atomic E-state index is 11.6. The van der Waals surface area contributed by atoms with E-state index < -0.39 is 0 Å². The Kier molecular flexibility index (Phi) is 8.70. The van der Waals surface area contributed by atoms with E-state index in [2.05, 4.69) is 19.2 Å².